The fourth-order valence-electron chi connectivity index (χ4n) is 1.52. The zero-order valence-electron chi connectivity index (χ0n) is 9.86. The van der Waals surface area contributed by atoms with E-state index in [0.29, 0.717) is 24.8 Å². The average molecular weight is 270 g/mol. The molecule has 0 saturated carbocycles. The highest BCUT2D eigenvalue weighted by molar-refractivity contribution is 6.31. The lowest BCUT2D eigenvalue weighted by molar-refractivity contribution is 0.188. The van der Waals surface area contributed by atoms with Gasteiger partial charge < -0.3 is 14.6 Å². The molecule has 96 valence electrons. The van der Waals surface area contributed by atoms with Crippen molar-refractivity contribution in [2.75, 3.05) is 19.0 Å². The number of hydrogen-bond acceptors (Lipinski definition) is 3. The fourth-order valence-corrected chi connectivity index (χ4v) is 1.70. The highest BCUT2D eigenvalue weighted by atomic mass is 35.5. The zero-order chi connectivity index (χ0) is 13.0. The van der Waals surface area contributed by atoms with Crippen LogP contribution in [-0.2, 0) is 11.3 Å². The van der Waals surface area contributed by atoms with Gasteiger partial charge in [-0.1, -0.05) is 17.7 Å². The molecule has 4 nitrogen and oxygen atoms in total. The van der Waals surface area contributed by atoms with Crippen LogP contribution in [0.2, 0.25) is 5.02 Å². The first kappa shape index (κ1) is 12.9. The molecule has 1 aromatic carbocycles. The molecule has 0 fully saturated rings. The molecule has 2 rings (SSSR count). The van der Waals surface area contributed by atoms with Gasteiger partial charge >= 0.3 is 0 Å². The molecule has 1 heterocycles. The van der Waals surface area contributed by atoms with Crippen molar-refractivity contribution in [3.63, 3.8) is 0 Å². The summed E-state index contributed by atoms with van der Waals surface area (Å²) in [4.78, 5) is 4.12. The molecule has 0 atom stereocenters. The van der Waals surface area contributed by atoms with Gasteiger partial charge in [0.25, 0.3) is 0 Å². The van der Waals surface area contributed by atoms with E-state index in [1.54, 1.807) is 31.6 Å². The Morgan fingerprint density at radius 3 is 3.11 bits per heavy atom. The number of ether oxygens (including phenoxy) is 1. The van der Waals surface area contributed by atoms with Crippen LogP contribution < -0.4 is 5.32 Å². The maximum Gasteiger partial charge on any atom is 0.207 e. The highest BCUT2D eigenvalue weighted by Gasteiger charge is 2.09. The summed E-state index contributed by atoms with van der Waals surface area (Å²) in [5, 5.41) is 2.99. The minimum Gasteiger partial charge on any atom is -0.383 e. The van der Waals surface area contributed by atoms with Crippen molar-refractivity contribution in [2.24, 2.45) is 0 Å². The quantitative estimate of drug-likeness (QED) is 0.907. The second-order valence-corrected chi connectivity index (χ2v) is 4.07. The molecule has 0 amide bonds. The fraction of sp³-hybridized carbons (Fsp3) is 0.250. The molecule has 0 aliphatic rings. The molecule has 2 aromatic rings. The molecule has 0 aliphatic heterocycles. The van der Waals surface area contributed by atoms with Crippen molar-refractivity contribution in [3.05, 3.63) is 41.4 Å². The minimum absolute atomic E-state index is 0.0787. The monoisotopic (exact) mass is 269 g/mol. The first-order chi connectivity index (χ1) is 8.72. The number of imidazole rings is 1. The summed E-state index contributed by atoms with van der Waals surface area (Å²) < 4.78 is 20.5. The number of hydrogen-bond donors (Lipinski definition) is 1. The molecule has 0 saturated heterocycles. The number of anilines is 2. The Labute approximate surface area is 109 Å². The average Bonchev–Trinajstić information content (AvgIpc) is 2.80. The van der Waals surface area contributed by atoms with E-state index in [0.717, 1.165) is 0 Å². The second kappa shape index (κ2) is 5.84. The van der Waals surface area contributed by atoms with Gasteiger partial charge in [0.2, 0.25) is 5.95 Å². The summed E-state index contributed by atoms with van der Waals surface area (Å²) in [7, 11) is 1.63. The van der Waals surface area contributed by atoms with Crippen LogP contribution in [0.1, 0.15) is 0 Å². The van der Waals surface area contributed by atoms with Crippen molar-refractivity contribution >= 4 is 23.2 Å². The van der Waals surface area contributed by atoms with Crippen molar-refractivity contribution in [1.29, 1.82) is 0 Å². The smallest absolute Gasteiger partial charge is 0.207 e. The van der Waals surface area contributed by atoms with Crippen LogP contribution in [0.4, 0.5) is 16.0 Å². The van der Waals surface area contributed by atoms with Gasteiger partial charge in [0, 0.05) is 26.0 Å². The van der Waals surface area contributed by atoms with Gasteiger partial charge in [-0.05, 0) is 12.1 Å². The normalized spacial score (nSPS) is 10.6. The molecule has 1 N–H and O–H groups in total. The summed E-state index contributed by atoms with van der Waals surface area (Å²) in [5.41, 5.74) is 0.298. The third-order valence-electron chi connectivity index (χ3n) is 2.45. The van der Waals surface area contributed by atoms with Gasteiger partial charge in [0.15, 0.2) is 5.82 Å². The van der Waals surface area contributed by atoms with Crippen LogP contribution in [0.15, 0.2) is 30.6 Å². The van der Waals surface area contributed by atoms with E-state index in [1.807, 2.05) is 4.57 Å². The Kier molecular flexibility index (Phi) is 4.17. The van der Waals surface area contributed by atoms with E-state index in [1.165, 1.54) is 6.07 Å². The molecule has 0 spiro atoms. The molecule has 0 unspecified atom stereocenters. The van der Waals surface area contributed by atoms with E-state index in [9.17, 15) is 4.39 Å². The summed E-state index contributed by atoms with van der Waals surface area (Å²) >= 11 is 5.72. The molecule has 0 radical (unpaired) electrons. The van der Waals surface area contributed by atoms with Gasteiger partial charge in [-0.2, -0.15) is 0 Å². The number of nitrogens with zero attached hydrogens (tertiary/aromatic N) is 2. The van der Waals surface area contributed by atoms with Crippen LogP contribution in [0, 0.1) is 5.82 Å². The topological polar surface area (TPSA) is 39.1 Å². The minimum atomic E-state index is -0.486. The molecule has 18 heavy (non-hydrogen) atoms. The number of benzene rings is 1. The molecule has 6 heteroatoms. The van der Waals surface area contributed by atoms with E-state index in [-0.39, 0.29) is 5.02 Å². The molecule has 1 aromatic heterocycles. The van der Waals surface area contributed by atoms with Gasteiger partial charge in [-0.25, -0.2) is 9.37 Å². The van der Waals surface area contributed by atoms with Crippen molar-refractivity contribution < 1.29 is 9.13 Å². The summed E-state index contributed by atoms with van der Waals surface area (Å²) in [6.07, 6.45) is 3.43. The third-order valence-corrected chi connectivity index (χ3v) is 2.74. The molecular formula is C12H13ClFN3O. The number of aromatic nitrogens is 2. The maximum atomic E-state index is 13.7. The first-order valence-electron chi connectivity index (χ1n) is 5.43. The van der Waals surface area contributed by atoms with E-state index < -0.39 is 5.82 Å². The summed E-state index contributed by atoms with van der Waals surface area (Å²) in [6.45, 7) is 1.20. The third kappa shape index (κ3) is 2.80. The number of nitrogens with one attached hydrogen (secondary N) is 1. The number of methoxy groups -OCH3 is 1. The lowest BCUT2D eigenvalue weighted by atomic mass is 10.3. The van der Waals surface area contributed by atoms with Gasteiger partial charge in [-0.3, -0.25) is 0 Å². The van der Waals surface area contributed by atoms with Crippen molar-refractivity contribution in [3.8, 4) is 0 Å². The lowest BCUT2D eigenvalue weighted by Gasteiger charge is -2.10. The van der Waals surface area contributed by atoms with E-state index in [2.05, 4.69) is 10.3 Å². The lowest BCUT2D eigenvalue weighted by Crippen LogP contribution is -2.07. The zero-order valence-corrected chi connectivity index (χ0v) is 10.6. The summed E-state index contributed by atoms with van der Waals surface area (Å²) in [6, 6.07) is 4.78. The maximum absolute atomic E-state index is 13.7. The van der Waals surface area contributed by atoms with E-state index in [4.69, 9.17) is 16.3 Å². The Balaban J connectivity index is 2.18. The van der Waals surface area contributed by atoms with Crippen molar-refractivity contribution in [1.82, 2.24) is 9.55 Å². The largest absolute Gasteiger partial charge is 0.383 e. The Morgan fingerprint density at radius 1 is 1.50 bits per heavy atom. The van der Waals surface area contributed by atoms with E-state index >= 15 is 0 Å². The van der Waals surface area contributed by atoms with Crippen LogP contribution in [0.25, 0.3) is 0 Å². The van der Waals surface area contributed by atoms with Crippen LogP contribution in [0.3, 0.4) is 0 Å². The molecule has 0 bridgehead atoms. The van der Waals surface area contributed by atoms with Gasteiger partial charge in [0.05, 0.1) is 17.3 Å². The van der Waals surface area contributed by atoms with Gasteiger partial charge in [0.1, 0.15) is 0 Å². The predicted molar refractivity (Wildman–Crippen MR) is 68.8 cm³/mol. The highest BCUT2D eigenvalue weighted by Crippen LogP contribution is 2.24. The molecule has 0 aliphatic carbocycles. The predicted octanol–water partition coefficient (Wildman–Crippen LogP) is 3.07. The molecular weight excluding hydrogens is 257 g/mol. The Morgan fingerprint density at radius 2 is 2.33 bits per heavy atom. The van der Waals surface area contributed by atoms with Crippen LogP contribution >= 0.6 is 11.6 Å². The van der Waals surface area contributed by atoms with Crippen LogP contribution in [-0.4, -0.2) is 23.3 Å². The second-order valence-electron chi connectivity index (χ2n) is 3.66. The van der Waals surface area contributed by atoms with Gasteiger partial charge in [-0.15, -0.1) is 0 Å². The Hall–Kier alpha value is -1.59. The SMILES string of the molecule is COCCn1ccnc1Nc1cccc(Cl)c1F. The van der Waals surface area contributed by atoms with Crippen molar-refractivity contribution in [2.45, 2.75) is 6.54 Å². The number of halogens is 2. The summed E-state index contributed by atoms with van der Waals surface area (Å²) in [5.74, 6) is 0.0636. The Bertz CT molecular complexity index is 530. The standard InChI is InChI=1S/C12H13ClFN3O/c1-18-8-7-17-6-5-15-12(17)16-10-4-2-3-9(13)11(10)14/h2-6H,7-8H2,1H3,(H,15,16). The first-order valence-corrected chi connectivity index (χ1v) is 5.81. The number of rotatable bonds is 5. The van der Waals surface area contributed by atoms with Crippen LogP contribution in [0.5, 0.6) is 0 Å².